The summed E-state index contributed by atoms with van der Waals surface area (Å²) in [5.41, 5.74) is 5.16. The highest BCUT2D eigenvalue weighted by molar-refractivity contribution is 6.15. The maximum Gasteiger partial charge on any atom is 0.168 e. The van der Waals surface area contributed by atoms with Crippen molar-refractivity contribution >= 4 is 12.0 Å². The number of hydrogen-bond donors (Lipinski definition) is 0. The molecule has 0 radical (unpaired) electrons. The number of nitriles is 1. The molecule has 25 heavy (non-hydrogen) atoms. The SMILES string of the molecule is Cc1nc2n(c1C=O)-c1ccc(C#N)cc1C(c1ccccc1)=NC2. The number of aromatic nitrogens is 2. The molecule has 2 aromatic carbocycles. The van der Waals surface area contributed by atoms with Gasteiger partial charge in [-0.1, -0.05) is 30.3 Å². The van der Waals surface area contributed by atoms with Gasteiger partial charge in [0.2, 0.25) is 0 Å². The van der Waals surface area contributed by atoms with E-state index in [-0.39, 0.29) is 0 Å². The van der Waals surface area contributed by atoms with Crippen LogP contribution in [-0.2, 0) is 6.54 Å². The molecule has 3 aromatic rings. The molecular formula is C20H14N4O. The topological polar surface area (TPSA) is 71.0 Å². The van der Waals surface area contributed by atoms with Crippen molar-refractivity contribution in [2.75, 3.05) is 0 Å². The molecule has 0 N–H and O–H groups in total. The van der Waals surface area contributed by atoms with Crippen LogP contribution in [0.2, 0.25) is 0 Å². The minimum Gasteiger partial charge on any atom is -0.296 e. The standard InChI is InChI=1S/C20H14N4O/c1-13-18(12-25)24-17-8-7-14(10-21)9-16(17)20(22-11-19(24)23-13)15-5-3-2-4-6-15/h2-9,12H,11H2,1H3. The number of fused-ring (bicyclic) bond motifs is 3. The van der Waals surface area contributed by atoms with Crippen molar-refractivity contribution in [3.63, 3.8) is 0 Å². The van der Waals surface area contributed by atoms with E-state index >= 15 is 0 Å². The summed E-state index contributed by atoms with van der Waals surface area (Å²) in [5.74, 6) is 0.719. The van der Waals surface area contributed by atoms with E-state index in [2.05, 4.69) is 11.1 Å². The van der Waals surface area contributed by atoms with Gasteiger partial charge in [0, 0.05) is 11.1 Å². The Kier molecular flexibility index (Phi) is 3.51. The van der Waals surface area contributed by atoms with Gasteiger partial charge in [0.05, 0.1) is 35.3 Å². The third-order valence-corrected chi connectivity index (χ3v) is 4.33. The number of nitrogens with zero attached hydrogens (tertiary/aromatic N) is 4. The highest BCUT2D eigenvalue weighted by Crippen LogP contribution is 2.28. The van der Waals surface area contributed by atoms with E-state index in [9.17, 15) is 10.1 Å². The van der Waals surface area contributed by atoms with Gasteiger partial charge < -0.3 is 0 Å². The van der Waals surface area contributed by atoms with Crippen LogP contribution >= 0.6 is 0 Å². The zero-order chi connectivity index (χ0) is 17.4. The van der Waals surface area contributed by atoms with E-state index in [0.717, 1.165) is 34.6 Å². The van der Waals surface area contributed by atoms with Crippen molar-refractivity contribution in [1.82, 2.24) is 9.55 Å². The Bertz CT molecular complexity index is 1060. The molecule has 0 aliphatic carbocycles. The summed E-state index contributed by atoms with van der Waals surface area (Å²) >= 11 is 0. The summed E-state index contributed by atoms with van der Waals surface area (Å²) in [6.45, 7) is 2.19. The first-order valence-corrected chi connectivity index (χ1v) is 7.91. The molecule has 1 aliphatic heterocycles. The summed E-state index contributed by atoms with van der Waals surface area (Å²) in [7, 11) is 0. The normalized spacial score (nSPS) is 12.4. The summed E-state index contributed by atoms with van der Waals surface area (Å²) in [6.07, 6.45) is 0.821. The van der Waals surface area contributed by atoms with Gasteiger partial charge in [-0.15, -0.1) is 0 Å². The molecule has 0 bridgehead atoms. The fourth-order valence-electron chi connectivity index (χ4n) is 3.18. The van der Waals surface area contributed by atoms with Crippen LogP contribution in [0.5, 0.6) is 0 Å². The summed E-state index contributed by atoms with van der Waals surface area (Å²) in [4.78, 5) is 20.9. The van der Waals surface area contributed by atoms with Gasteiger partial charge in [-0.05, 0) is 25.1 Å². The molecule has 0 saturated heterocycles. The minimum atomic E-state index is 0.371. The van der Waals surface area contributed by atoms with Crippen molar-refractivity contribution in [1.29, 1.82) is 5.26 Å². The van der Waals surface area contributed by atoms with Crippen LogP contribution in [0.25, 0.3) is 5.69 Å². The first-order chi connectivity index (χ1) is 12.2. The molecule has 4 rings (SSSR count). The molecule has 0 unspecified atom stereocenters. The highest BCUT2D eigenvalue weighted by atomic mass is 16.1. The number of benzene rings is 2. The van der Waals surface area contributed by atoms with Crippen LogP contribution in [0.1, 0.15) is 38.7 Å². The minimum absolute atomic E-state index is 0.371. The van der Waals surface area contributed by atoms with Crippen LogP contribution in [0, 0.1) is 18.3 Å². The monoisotopic (exact) mass is 326 g/mol. The largest absolute Gasteiger partial charge is 0.296 e. The summed E-state index contributed by atoms with van der Waals surface area (Å²) < 4.78 is 1.85. The fourth-order valence-corrected chi connectivity index (χ4v) is 3.18. The van der Waals surface area contributed by atoms with Gasteiger partial charge in [0.1, 0.15) is 11.5 Å². The molecule has 2 heterocycles. The Hall–Kier alpha value is -3.52. The van der Waals surface area contributed by atoms with E-state index in [1.165, 1.54) is 0 Å². The lowest BCUT2D eigenvalue weighted by Gasteiger charge is -2.13. The van der Waals surface area contributed by atoms with Crippen molar-refractivity contribution in [2.45, 2.75) is 13.5 Å². The average molecular weight is 326 g/mol. The molecule has 0 amide bonds. The molecule has 5 nitrogen and oxygen atoms in total. The van der Waals surface area contributed by atoms with E-state index in [4.69, 9.17) is 4.99 Å². The molecule has 0 atom stereocenters. The van der Waals surface area contributed by atoms with Gasteiger partial charge in [0.25, 0.3) is 0 Å². The molecule has 0 fully saturated rings. The van der Waals surface area contributed by atoms with E-state index in [1.54, 1.807) is 6.07 Å². The van der Waals surface area contributed by atoms with Crippen molar-refractivity contribution in [3.05, 3.63) is 82.4 Å². The lowest BCUT2D eigenvalue weighted by Crippen LogP contribution is -2.09. The summed E-state index contributed by atoms with van der Waals surface area (Å²) in [5, 5.41) is 9.30. The first kappa shape index (κ1) is 15.0. The maximum absolute atomic E-state index is 11.6. The van der Waals surface area contributed by atoms with Gasteiger partial charge in [-0.3, -0.25) is 14.4 Å². The Balaban J connectivity index is 2.05. The number of aldehydes is 1. The number of imidazole rings is 1. The Morgan fingerprint density at radius 1 is 1.20 bits per heavy atom. The fraction of sp³-hybridized carbons (Fsp3) is 0.100. The predicted octanol–water partition coefficient (Wildman–Crippen LogP) is 3.22. The highest BCUT2D eigenvalue weighted by Gasteiger charge is 2.23. The van der Waals surface area contributed by atoms with Gasteiger partial charge in [-0.25, -0.2) is 4.98 Å². The lowest BCUT2D eigenvalue weighted by molar-refractivity contribution is 0.111. The molecule has 0 saturated carbocycles. The average Bonchev–Trinajstić information content (AvgIpc) is 2.89. The number of rotatable bonds is 2. The van der Waals surface area contributed by atoms with Crippen LogP contribution in [0.15, 0.2) is 53.5 Å². The number of aryl methyl sites for hydroxylation is 1. The van der Waals surface area contributed by atoms with Gasteiger partial charge in [-0.2, -0.15) is 5.26 Å². The van der Waals surface area contributed by atoms with E-state index in [1.807, 2.05) is 54.0 Å². The molecule has 1 aromatic heterocycles. The number of carbonyl (C=O) groups is 1. The zero-order valence-corrected chi connectivity index (χ0v) is 13.6. The van der Waals surface area contributed by atoms with Gasteiger partial charge in [0.15, 0.2) is 6.29 Å². The first-order valence-electron chi connectivity index (χ1n) is 7.91. The Labute approximate surface area is 144 Å². The second kappa shape index (κ2) is 5.84. The molecular weight excluding hydrogens is 312 g/mol. The maximum atomic E-state index is 11.6. The van der Waals surface area contributed by atoms with Crippen molar-refractivity contribution in [2.24, 2.45) is 4.99 Å². The zero-order valence-electron chi connectivity index (χ0n) is 13.6. The third kappa shape index (κ3) is 2.36. The quantitative estimate of drug-likeness (QED) is 0.679. The molecule has 5 heteroatoms. The smallest absolute Gasteiger partial charge is 0.168 e. The van der Waals surface area contributed by atoms with E-state index < -0.39 is 0 Å². The predicted molar refractivity (Wildman–Crippen MR) is 94.2 cm³/mol. The number of carbonyl (C=O) groups excluding carboxylic acids is 1. The third-order valence-electron chi connectivity index (χ3n) is 4.33. The van der Waals surface area contributed by atoms with Gasteiger partial charge >= 0.3 is 0 Å². The molecule has 120 valence electrons. The van der Waals surface area contributed by atoms with Crippen molar-refractivity contribution in [3.8, 4) is 11.8 Å². The second-order valence-electron chi connectivity index (χ2n) is 5.83. The lowest BCUT2D eigenvalue weighted by atomic mass is 9.98. The van der Waals surface area contributed by atoms with Crippen LogP contribution in [0.3, 0.4) is 0 Å². The van der Waals surface area contributed by atoms with Crippen LogP contribution in [-0.4, -0.2) is 21.5 Å². The van der Waals surface area contributed by atoms with E-state index in [0.29, 0.717) is 23.5 Å². The van der Waals surface area contributed by atoms with Crippen LogP contribution < -0.4 is 0 Å². The second-order valence-corrected chi connectivity index (χ2v) is 5.83. The van der Waals surface area contributed by atoms with Crippen LogP contribution in [0.4, 0.5) is 0 Å². The molecule has 1 aliphatic rings. The Morgan fingerprint density at radius 2 is 2.00 bits per heavy atom. The van der Waals surface area contributed by atoms with Crippen molar-refractivity contribution < 1.29 is 4.79 Å². The number of aliphatic imine (C=N–C) groups is 1. The summed E-state index contributed by atoms with van der Waals surface area (Å²) in [6, 6.07) is 17.4. The number of hydrogen-bond acceptors (Lipinski definition) is 4. The Morgan fingerprint density at radius 3 is 2.72 bits per heavy atom. The molecule has 0 spiro atoms.